The fraction of sp³-hybridized carbons (Fsp3) is 0.381. The summed E-state index contributed by atoms with van der Waals surface area (Å²) >= 11 is 0. The minimum atomic E-state index is -3.86. The molecule has 0 bridgehead atoms. The van der Waals surface area contributed by atoms with Crippen LogP contribution in [-0.4, -0.2) is 77.2 Å². The van der Waals surface area contributed by atoms with Gasteiger partial charge in [0.05, 0.1) is 43.5 Å². The summed E-state index contributed by atoms with van der Waals surface area (Å²) in [6.07, 6.45) is 1.55. The number of anilines is 1. The lowest BCUT2D eigenvalue weighted by molar-refractivity contribution is 0.0730. The van der Waals surface area contributed by atoms with Gasteiger partial charge < -0.3 is 24.8 Å². The molecule has 1 aromatic carbocycles. The van der Waals surface area contributed by atoms with Crippen molar-refractivity contribution in [2.75, 3.05) is 58.9 Å². The van der Waals surface area contributed by atoms with Gasteiger partial charge in [-0.2, -0.15) is 9.57 Å². The lowest BCUT2D eigenvalue weighted by Gasteiger charge is -2.26. The van der Waals surface area contributed by atoms with Crippen molar-refractivity contribution in [2.24, 2.45) is 0 Å². The quantitative estimate of drug-likeness (QED) is 0.504. The maximum absolute atomic E-state index is 13.1. The smallest absolute Gasteiger partial charge is 0.255 e. The summed E-state index contributed by atoms with van der Waals surface area (Å²) in [5.41, 5.74) is 0.412. The van der Waals surface area contributed by atoms with E-state index in [-0.39, 0.29) is 41.6 Å². The number of amides is 1. The van der Waals surface area contributed by atoms with Crippen LogP contribution in [0.5, 0.6) is 11.5 Å². The van der Waals surface area contributed by atoms with E-state index in [2.05, 4.69) is 15.6 Å². The number of rotatable bonds is 9. The van der Waals surface area contributed by atoms with Crippen molar-refractivity contribution in [3.63, 3.8) is 0 Å². The van der Waals surface area contributed by atoms with Crippen LogP contribution in [0.15, 0.2) is 35.4 Å². The maximum atomic E-state index is 13.1. The normalized spacial score (nSPS) is 14.2. The second kappa shape index (κ2) is 11.0. The van der Waals surface area contributed by atoms with Crippen molar-refractivity contribution >= 4 is 21.7 Å². The minimum Gasteiger partial charge on any atom is -0.493 e. The standard InChI is InChI=1S/C21H25N5O6S/c1-30-18-13-16(33(28,29)26-8-10-32-11-9-26)12-17(19(18)31-2)21(27)25-7-6-24-20-15(14-22)4-3-5-23-20/h3-5,12-13H,6-11H2,1-2H3,(H,23,24)(H,25,27). The van der Waals surface area contributed by atoms with E-state index in [0.717, 1.165) is 0 Å². The number of carbonyl (C=O) groups is 1. The molecule has 0 spiro atoms. The molecule has 2 heterocycles. The number of carbonyl (C=O) groups excluding carboxylic acids is 1. The molecule has 3 rings (SSSR count). The molecule has 0 atom stereocenters. The Bertz CT molecular complexity index is 1140. The molecular weight excluding hydrogens is 450 g/mol. The summed E-state index contributed by atoms with van der Waals surface area (Å²) in [6, 6.07) is 7.94. The van der Waals surface area contributed by atoms with E-state index in [1.54, 1.807) is 18.3 Å². The summed E-state index contributed by atoms with van der Waals surface area (Å²) in [6.45, 7) is 1.53. The molecule has 1 aliphatic heterocycles. The van der Waals surface area contributed by atoms with Crippen LogP contribution in [0.1, 0.15) is 15.9 Å². The first-order valence-corrected chi connectivity index (χ1v) is 11.6. The highest BCUT2D eigenvalue weighted by atomic mass is 32.2. The van der Waals surface area contributed by atoms with Gasteiger partial charge in [0.2, 0.25) is 10.0 Å². The van der Waals surface area contributed by atoms with E-state index in [1.165, 1.54) is 30.7 Å². The highest BCUT2D eigenvalue weighted by Gasteiger charge is 2.30. The Morgan fingerprint density at radius 3 is 2.67 bits per heavy atom. The first-order chi connectivity index (χ1) is 15.9. The number of pyridine rings is 1. The number of sulfonamides is 1. The van der Waals surface area contributed by atoms with Crippen molar-refractivity contribution in [1.82, 2.24) is 14.6 Å². The van der Waals surface area contributed by atoms with Gasteiger partial charge in [0.25, 0.3) is 5.91 Å². The van der Waals surface area contributed by atoms with Crippen molar-refractivity contribution in [3.05, 3.63) is 41.6 Å². The molecule has 1 saturated heterocycles. The lowest BCUT2D eigenvalue weighted by Crippen LogP contribution is -2.40. The Hall–Kier alpha value is -3.40. The van der Waals surface area contributed by atoms with Gasteiger partial charge in [0.1, 0.15) is 11.9 Å². The molecule has 0 radical (unpaired) electrons. The van der Waals surface area contributed by atoms with Crippen LogP contribution in [0.4, 0.5) is 5.82 Å². The molecule has 12 heteroatoms. The third-order valence-electron chi connectivity index (χ3n) is 4.94. The zero-order valence-electron chi connectivity index (χ0n) is 18.3. The van der Waals surface area contributed by atoms with Gasteiger partial charge in [-0.05, 0) is 18.2 Å². The van der Waals surface area contributed by atoms with E-state index in [1.807, 2.05) is 6.07 Å². The Balaban J connectivity index is 1.78. The lowest BCUT2D eigenvalue weighted by atomic mass is 10.1. The molecule has 0 saturated carbocycles. The number of aromatic nitrogens is 1. The average molecular weight is 476 g/mol. The Morgan fingerprint density at radius 2 is 2.00 bits per heavy atom. The number of benzene rings is 1. The number of morpholine rings is 1. The van der Waals surface area contributed by atoms with Crippen LogP contribution in [0, 0.1) is 11.3 Å². The summed E-state index contributed by atoms with van der Waals surface area (Å²) in [7, 11) is -1.12. The fourth-order valence-corrected chi connectivity index (χ4v) is 4.73. The van der Waals surface area contributed by atoms with E-state index in [0.29, 0.717) is 31.1 Å². The fourth-order valence-electron chi connectivity index (χ4n) is 3.28. The Kier molecular flexibility index (Phi) is 8.05. The van der Waals surface area contributed by atoms with Crippen LogP contribution < -0.4 is 20.1 Å². The largest absolute Gasteiger partial charge is 0.493 e. The van der Waals surface area contributed by atoms with Crippen molar-refractivity contribution in [1.29, 1.82) is 5.26 Å². The van der Waals surface area contributed by atoms with Crippen molar-refractivity contribution < 1.29 is 27.4 Å². The third-order valence-corrected chi connectivity index (χ3v) is 6.81. The number of methoxy groups -OCH3 is 2. The first kappa shape index (κ1) is 24.2. The number of hydrogen-bond donors (Lipinski definition) is 2. The highest BCUT2D eigenvalue weighted by molar-refractivity contribution is 7.89. The molecule has 2 aromatic rings. The summed E-state index contributed by atoms with van der Waals surface area (Å²) in [4.78, 5) is 16.9. The van der Waals surface area contributed by atoms with Crippen LogP contribution in [0.3, 0.4) is 0 Å². The Morgan fingerprint density at radius 1 is 1.24 bits per heavy atom. The Labute approximate surface area is 192 Å². The average Bonchev–Trinajstić information content (AvgIpc) is 2.86. The molecule has 176 valence electrons. The summed E-state index contributed by atoms with van der Waals surface area (Å²) in [5, 5.41) is 14.8. The number of ether oxygens (including phenoxy) is 3. The van der Waals surface area contributed by atoms with Gasteiger partial charge >= 0.3 is 0 Å². The third kappa shape index (κ3) is 5.51. The molecular formula is C21H25N5O6S. The number of nitrogens with one attached hydrogen (secondary N) is 2. The number of nitriles is 1. The molecule has 11 nitrogen and oxygen atoms in total. The zero-order chi connectivity index (χ0) is 23.8. The van der Waals surface area contributed by atoms with E-state index >= 15 is 0 Å². The highest BCUT2D eigenvalue weighted by Crippen LogP contribution is 2.35. The molecule has 0 unspecified atom stereocenters. The molecule has 2 N–H and O–H groups in total. The van der Waals surface area contributed by atoms with Crippen molar-refractivity contribution in [2.45, 2.75) is 4.90 Å². The molecule has 1 aromatic heterocycles. The van der Waals surface area contributed by atoms with E-state index in [9.17, 15) is 13.2 Å². The SMILES string of the molecule is COc1cc(S(=O)(=O)N2CCOCC2)cc(C(=O)NCCNc2ncccc2C#N)c1OC. The van der Waals surface area contributed by atoms with Crippen LogP contribution in [0.2, 0.25) is 0 Å². The molecule has 33 heavy (non-hydrogen) atoms. The van der Waals surface area contributed by atoms with Gasteiger partial charge in [-0.15, -0.1) is 0 Å². The predicted molar refractivity (Wildman–Crippen MR) is 119 cm³/mol. The second-order valence-corrected chi connectivity index (χ2v) is 8.85. The van der Waals surface area contributed by atoms with E-state index in [4.69, 9.17) is 19.5 Å². The molecule has 0 aliphatic carbocycles. The van der Waals surface area contributed by atoms with Gasteiger partial charge in [-0.1, -0.05) is 0 Å². The van der Waals surface area contributed by atoms with Crippen LogP contribution >= 0.6 is 0 Å². The van der Waals surface area contributed by atoms with Gasteiger partial charge in [0, 0.05) is 38.4 Å². The van der Waals surface area contributed by atoms with Crippen molar-refractivity contribution in [3.8, 4) is 17.6 Å². The first-order valence-electron chi connectivity index (χ1n) is 10.1. The molecule has 1 fully saturated rings. The molecule has 1 aliphatic rings. The summed E-state index contributed by atoms with van der Waals surface area (Å²) < 4.78 is 43.4. The van der Waals surface area contributed by atoms with Crippen LogP contribution in [-0.2, 0) is 14.8 Å². The molecule has 1 amide bonds. The number of nitrogens with zero attached hydrogens (tertiary/aromatic N) is 3. The van der Waals surface area contributed by atoms with Gasteiger partial charge in [0.15, 0.2) is 11.5 Å². The topological polar surface area (TPSA) is 143 Å². The van der Waals surface area contributed by atoms with Crippen LogP contribution in [0.25, 0.3) is 0 Å². The maximum Gasteiger partial charge on any atom is 0.255 e. The zero-order valence-corrected chi connectivity index (χ0v) is 19.1. The second-order valence-electron chi connectivity index (χ2n) is 6.92. The van der Waals surface area contributed by atoms with Gasteiger partial charge in [-0.25, -0.2) is 13.4 Å². The monoisotopic (exact) mass is 475 g/mol. The predicted octanol–water partition coefficient (Wildman–Crippen LogP) is 0.833. The van der Waals surface area contributed by atoms with Gasteiger partial charge in [-0.3, -0.25) is 4.79 Å². The number of hydrogen-bond acceptors (Lipinski definition) is 9. The van der Waals surface area contributed by atoms with E-state index < -0.39 is 15.9 Å². The minimum absolute atomic E-state index is 0.0271. The summed E-state index contributed by atoms with van der Waals surface area (Å²) in [5.74, 6) is 0.127.